The summed E-state index contributed by atoms with van der Waals surface area (Å²) in [7, 11) is 1.67. The molecule has 3 atom stereocenters. The Hall–Kier alpha value is -0.821. The summed E-state index contributed by atoms with van der Waals surface area (Å²) in [4.78, 5) is 6.93. The van der Waals surface area contributed by atoms with Gasteiger partial charge in [-0.3, -0.25) is 0 Å². The van der Waals surface area contributed by atoms with E-state index in [0.717, 1.165) is 30.6 Å². The third-order valence-corrected chi connectivity index (χ3v) is 12.5. The summed E-state index contributed by atoms with van der Waals surface area (Å²) in [5.41, 5.74) is 2.37. The zero-order chi connectivity index (χ0) is 23.4. The van der Waals surface area contributed by atoms with Gasteiger partial charge in [0.2, 0.25) is 0 Å². The van der Waals surface area contributed by atoms with Gasteiger partial charge in [0.15, 0.2) is 0 Å². The molecule has 0 spiro atoms. The molecule has 1 aromatic carbocycles. The van der Waals surface area contributed by atoms with Gasteiger partial charge in [-0.25, -0.2) is 0 Å². The topological polar surface area (TPSA) is 58.9 Å². The van der Waals surface area contributed by atoms with Crippen molar-refractivity contribution in [3.8, 4) is 5.75 Å². The molecule has 0 fully saturated rings. The minimum absolute atomic E-state index is 0.0444. The molecule has 176 valence electrons. The average molecular weight is 539 g/mol. The van der Waals surface area contributed by atoms with Crippen LogP contribution in [0.15, 0.2) is 46.1 Å². The van der Waals surface area contributed by atoms with E-state index in [1.54, 1.807) is 7.11 Å². The van der Waals surface area contributed by atoms with Crippen molar-refractivity contribution in [1.29, 1.82) is 0 Å². The minimum atomic E-state index is -2.26. The van der Waals surface area contributed by atoms with Gasteiger partial charge in [-0.1, -0.05) is 12.1 Å². The molecule has 0 radical (unpaired) electrons. The van der Waals surface area contributed by atoms with Crippen LogP contribution in [-0.4, -0.2) is 55.0 Å². The molecule has 31 heavy (non-hydrogen) atoms. The van der Waals surface area contributed by atoms with Gasteiger partial charge in [0.25, 0.3) is 0 Å². The Morgan fingerprint density at radius 3 is 2.35 bits per heavy atom. The van der Waals surface area contributed by atoms with E-state index in [4.69, 9.17) is 9.47 Å². The molecule has 0 heterocycles. The van der Waals surface area contributed by atoms with E-state index in [1.165, 1.54) is 9.16 Å². The predicted octanol–water partition coefficient (Wildman–Crippen LogP) is 5.76. The number of ether oxygens (including phenoxy) is 2. The van der Waals surface area contributed by atoms with Gasteiger partial charge in [-0.15, -0.1) is 0 Å². The van der Waals surface area contributed by atoms with E-state index in [9.17, 15) is 10.2 Å². The molecule has 0 aliphatic carbocycles. The first kappa shape index (κ1) is 28.2. The fourth-order valence-electron chi connectivity index (χ4n) is 3.67. The summed E-state index contributed by atoms with van der Waals surface area (Å²) >= 11 is -2.26. The van der Waals surface area contributed by atoms with E-state index in [-0.39, 0.29) is 18.6 Å². The maximum absolute atomic E-state index is 10.5. The second-order valence-electron chi connectivity index (χ2n) is 9.85. The van der Waals surface area contributed by atoms with Gasteiger partial charge in [0, 0.05) is 0 Å². The number of hydrogen-bond acceptors (Lipinski definition) is 4. The van der Waals surface area contributed by atoms with Crippen molar-refractivity contribution in [2.24, 2.45) is 11.8 Å². The number of aliphatic hydroxyl groups is 2. The fraction of sp³-hybridized carbons (Fsp3) is 0.615. The van der Waals surface area contributed by atoms with Crippen molar-refractivity contribution in [3.63, 3.8) is 0 Å². The summed E-state index contributed by atoms with van der Waals surface area (Å²) in [6.07, 6.45) is 5.28. The van der Waals surface area contributed by atoms with Crippen LogP contribution in [0.2, 0.25) is 14.8 Å². The van der Waals surface area contributed by atoms with Crippen LogP contribution >= 0.6 is 0 Å². The van der Waals surface area contributed by atoms with Gasteiger partial charge in [-0.05, 0) is 17.7 Å². The van der Waals surface area contributed by atoms with Gasteiger partial charge >= 0.3 is 141 Å². The van der Waals surface area contributed by atoms with Gasteiger partial charge < -0.3 is 4.74 Å². The van der Waals surface area contributed by atoms with Gasteiger partial charge in [0.05, 0.1) is 13.7 Å². The number of hydrogen-bond donors (Lipinski definition) is 2. The van der Waals surface area contributed by atoms with Gasteiger partial charge in [-0.2, -0.15) is 0 Å². The normalized spacial score (nSPS) is 15.4. The van der Waals surface area contributed by atoms with Crippen molar-refractivity contribution in [2.45, 2.75) is 67.1 Å². The zero-order valence-corrected chi connectivity index (χ0v) is 23.3. The molecule has 1 rings (SSSR count). The molecule has 0 unspecified atom stereocenters. The van der Waals surface area contributed by atoms with E-state index >= 15 is 0 Å². The van der Waals surface area contributed by atoms with Crippen molar-refractivity contribution in [2.75, 3.05) is 20.3 Å². The van der Waals surface area contributed by atoms with Crippen LogP contribution in [0.25, 0.3) is 0 Å². The maximum atomic E-state index is 10.5. The summed E-state index contributed by atoms with van der Waals surface area (Å²) in [5.74, 6) is 1.33. The Morgan fingerprint density at radius 2 is 1.81 bits per heavy atom. The van der Waals surface area contributed by atoms with E-state index in [0.29, 0.717) is 25.6 Å². The predicted molar refractivity (Wildman–Crippen MR) is 133 cm³/mol. The Bertz CT molecular complexity index is 676. The molecule has 0 saturated heterocycles. The van der Waals surface area contributed by atoms with E-state index in [1.807, 2.05) is 24.3 Å². The summed E-state index contributed by atoms with van der Waals surface area (Å²) in [5, 5.41) is 20.3. The SMILES string of the molecule is C=[C]([C@@H](CO)C[C@H](O)C[C@H](C)CC/C=C(\C)COCc1ccc(OC)cc1)[Sn]([CH3])([CH3])[CH3]. The fourth-order valence-corrected chi connectivity index (χ4v) is 7.76. The first-order chi connectivity index (χ1) is 14.6. The molecular formula is C26H44O4Sn. The van der Waals surface area contributed by atoms with Crippen LogP contribution in [0.5, 0.6) is 5.75 Å². The molecule has 0 aliphatic rings. The third kappa shape index (κ3) is 11.6. The van der Waals surface area contributed by atoms with Crippen LogP contribution < -0.4 is 4.74 Å². The second kappa shape index (κ2) is 14.4. The first-order valence-electron chi connectivity index (χ1n) is 11.4. The Morgan fingerprint density at radius 1 is 1.16 bits per heavy atom. The molecular weight excluding hydrogens is 495 g/mol. The number of benzene rings is 1. The molecule has 0 bridgehead atoms. The number of rotatable bonds is 15. The van der Waals surface area contributed by atoms with Crippen molar-refractivity contribution >= 4 is 18.4 Å². The molecule has 0 aliphatic heterocycles. The summed E-state index contributed by atoms with van der Waals surface area (Å²) in [6, 6.07) is 7.93. The third-order valence-electron chi connectivity index (χ3n) is 5.82. The van der Waals surface area contributed by atoms with Crippen LogP contribution in [0.3, 0.4) is 0 Å². The Kier molecular flexibility index (Phi) is 13.1. The molecule has 5 heteroatoms. The first-order valence-corrected chi connectivity index (χ1v) is 21.4. The molecule has 1 aromatic rings. The number of allylic oxidation sites excluding steroid dienone is 1. The molecule has 0 aromatic heterocycles. The molecule has 0 saturated carbocycles. The quantitative estimate of drug-likeness (QED) is 0.220. The van der Waals surface area contributed by atoms with Crippen LogP contribution in [-0.2, 0) is 11.3 Å². The van der Waals surface area contributed by atoms with E-state index in [2.05, 4.69) is 41.3 Å². The zero-order valence-electron chi connectivity index (χ0n) is 20.5. The van der Waals surface area contributed by atoms with Crippen molar-refractivity contribution < 1.29 is 19.7 Å². The monoisotopic (exact) mass is 540 g/mol. The Balaban J connectivity index is 2.31. The standard InChI is InChI=1S/C23H35O4.3CH3.Sn/c1-5-20(15-24)14-22(25)13-18(2)7-6-8-19(3)16-27-17-21-9-11-23(26-4)12-10-21;;;;/h8-12,18,20,22,24-25H,1,6-7,13-17H2,2-4H3;3*1H3;/b19-8+;;;;/t18-,20-,22-;;;;/m1..../s1. The van der Waals surface area contributed by atoms with E-state index < -0.39 is 18.4 Å². The molecule has 0 amide bonds. The summed E-state index contributed by atoms with van der Waals surface area (Å²) < 4.78 is 12.2. The van der Waals surface area contributed by atoms with Crippen LogP contribution in [0, 0.1) is 11.8 Å². The van der Waals surface area contributed by atoms with Gasteiger partial charge in [0.1, 0.15) is 5.75 Å². The molecule has 2 N–H and O–H groups in total. The van der Waals surface area contributed by atoms with Crippen molar-refractivity contribution in [1.82, 2.24) is 0 Å². The molecule has 4 nitrogen and oxygen atoms in total. The second-order valence-corrected chi connectivity index (χ2v) is 24.5. The van der Waals surface area contributed by atoms with Crippen LogP contribution in [0.1, 0.15) is 45.1 Å². The number of methoxy groups -OCH3 is 1. The summed E-state index contributed by atoms with van der Waals surface area (Å²) in [6.45, 7) is 9.85. The number of aliphatic hydroxyl groups excluding tert-OH is 2. The van der Waals surface area contributed by atoms with Crippen molar-refractivity contribution in [3.05, 3.63) is 51.6 Å². The average Bonchev–Trinajstić information content (AvgIpc) is 2.71. The Labute approximate surface area is 194 Å². The van der Waals surface area contributed by atoms with Crippen LogP contribution in [0.4, 0.5) is 0 Å².